The predicted octanol–water partition coefficient (Wildman–Crippen LogP) is 1.93. The van der Waals surface area contributed by atoms with Crippen LogP contribution in [-0.2, 0) is 4.79 Å². The Hall–Kier alpha value is -0.530. The molecular weight excluding hydrogens is 150 g/mol. The minimum absolute atomic E-state index is 0.0969. The van der Waals surface area contributed by atoms with Crippen LogP contribution in [0.5, 0.6) is 0 Å². The Morgan fingerprint density at radius 2 is 2.08 bits per heavy atom. The number of rotatable bonds is 2. The molecule has 0 aromatic carbocycles. The first-order valence-electron chi connectivity index (χ1n) is 4.90. The van der Waals surface area contributed by atoms with E-state index in [0.29, 0.717) is 5.92 Å². The smallest absolute Gasteiger partial charge is 0.220 e. The van der Waals surface area contributed by atoms with Crippen molar-refractivity contribution in [1.29, 1.82) is 0 Å². The summed E-state index contributed by atoms with van der Waals surface area (Å²) in [5, 5.41) is 0. The Labute approximate surface area is 74.5 Å². The van der Waals surface area contributed by atoms with Gasteiger partial charge < -0.3 is 5.73 Å². The van der Waals surface area contributed by atoms with Crippen LogP contribution in [0, 0.1) is 17.8 Å². The fourth-order valence-electron chi connectivity index (χ4n) is 2.09. The Balaban J connectivity index is 2.46. The quantitative estimate of drug-likeness (QED) is 0.674. The number of carbonyl (C=O) groups is 1. The summed E-state index contributed by atoms with van der Waals surface area (Å²) in [5.41, 5.74) is 5.29. The molecular formula is C10H19NO. The van der Waals surface area contributed by atoms with E-state index in [1.165, 1.54) is 12.8 Å². The molecule has 2 N–H and O–H groups in total. The predicted molar refractivity (Wildman–Crippen MR) is 49.5 cm³/mol. The highest BCUT2D eigenvalue weighted by molar-refractivity contribution is 5.76. The van der Waals surface area contributed by atoms with E-state index in [4.69, 9.17) is 5.73 Å². The second-order valence-corrected chi connectivity index (χ2v) is 4.27. The number of amides is 1. The summed E-state index contributed by atoms with van der Waals surface area (Å²) in [6, 6.07) is 0. The van der Waals surface area contributed by atoms with Gasteiger partial charge in [-0.15, -0.1) is 0 Å². The van der Waals surface area contributed by atoms with Crippen molar-refractivity contribution >= 4 is 5.91 Å². The van der Waals surface area contributed by atoms with Gasteiger partial charge in [0, 0.05) is 5.92 Å². The van der Waals surface area contributed by atoms with Crippen molar-refractivity contribution in [1.82, 2.24) is 0 Å². The highest BCUT2D eigenvalue weighted by Gasteiger charge is 2.26. The van der Waals surface area contributed by atoms with Crippen LogP contribution in [0.1, 0.15) is 39.5 Å². The first-order valence-corrected chi connectivity index (χ1v) is 4.90. The third-order valence-electron chi connectivity index (χ3n) is 3.06. The summed E-state index contributed by atoms with van der Waals surface area (Å²) in [7, 11) is 0. The average molecular weight is 169 g/mol. The fraction of sp³-hybridized carbons (Fsp3) is 0.900. The molecule has 0 aromatic heterocycles. The molecule has 0 radical (unpaired) electrons. The molecule has 1 amide bonds. The molecule has 1 unspecified atom stereocenters. The second-order valence-electron chi connectivity index (χ2n) is 4.27. The van der Waals surface area contributed by atoms with Crippen LogP contribution in [0.3, 0.4) is 0 Å². The van der Waals surface area contributed by atoms with Gasteiger partial charge in [0.15, 0.2) is 0 Å². The SMILES string of the molecule is CC(C)[C@@H]1CCCC(C(N)=O)C1. The van der Waals surface area contributed by atoms with Gasteiger partial charge in [-0.25, -0.2) is 0 Å². The fourth-order valence-corrected chi connectivity index (χ4v) is 2.09. The number of hydrogen-bond donors (Lipinski definition) is 1. The van der Waals surface area contributed by atoms with Crippen LogP contribution in [0.4, 0.5) is 0 Å². The number of nitrogens with two attached hydrogens (primary N) is 1. The molecule has 1 rings (SSSR count). The number of hydrogen-bond acceptors (Lipinski definition) is 1. The van der Waals surface area contributed by atoms with Gasteiger partial charge in [-0.3, -0.25) is 4.79 Å². The molecule has 70 valence electrons. The van der Waals surface area contributed by atoms with Crippen LogP contribution in [0.2, 0.25) is 0 Å². The number of primary amides is 1. The molecule has 1 fully saturated rings. The van der Waals surface area contributed by atoms with Crippen LogP contribution in [0.25, 0.3) is 0 Å². The molecule has 0 bridgehead atoms. The Morgan fingerprint density at radius 3 is 2.58 bits per heavy atom. The van der Waals surface area contributed by atoms with E-state index >= 15 is 0 Å². The lowest BCUT2D eigenvalue weighted by molar-refractivity contribution is -0.123. The van der Waals surface area contributed by atoms with Gasteiger partial charge in [-0.05, 0) is 24.7 Å². The van der Waals surface area contributed by atoms with Crippen LogP contribution in [0.15, 0.2) is 0 Å². The van der Waals surface area contributed by atoms with E-state index < -0.39 is 0 Å². The molecule has 2 atom stereocenters. The minimum Gasteiger partial charge on any atom is -0.369 e. The molecule has 0 aliphatic heterocycles. The molecule has 2 nitrogen and oxygen atoms in total. The summed E-state index contributed by atoms with van der Waals surface area (Å²) in [6.07, 6.45) is 4.49. The van der Waals surface area contributed by atoms with E-state index in [1.807, 2.05) is 0 Å². The first-order chi connectivity index (χ1) is 5.61. The zero-order chi connectivity index (χ0) is 9.14. The summed E-state index contributed by atoms with van der Waals surface area (Å²) in [4.78, 5) is 10.9. The molecule has 1 aliphatic rings. The third kappa shape index (κ3) is 2.23. The van der Waals surface area contributed by atoms with Gasteiger partial charge in [0.05, 0.1) is 0 Å². The Kier molecular flexibility index (Phi) is 3.12. The lowest BCUT2D eigenvalue weighted by atomic mass is 9.76. The lowest BCUT2D eigenvalue weighted by Gasteiger charge is -2.29. The Bertz CT molecular complexity index is 165. The van der Waals surface area contributed by atoms with E-state index in [-0.39, 0.29) is 11.8 Å². The number of carbonyl (C=O) groups excluding carboxylic acids is 1. The largest absolute Gasteiger partial charge is 0.369 e. The van der Waals surface area contributed by atoms with Gasteiger partial charge in [0.2, 0.25) is 5.91 Å². The van der Waals surface area contributed by atoms with Crippen molar-refractivity contribution in [2.75, 3.05) is 0 Å². The summed E-state index contributed by atoms with van der Waals surface area (Å²) in [6.45, 7) is 4.46. The standard InChI is InChI=1S/C10H19NO/c1-7(2)8-4-3-5-9(6-8)10(11)12/h7-9H,3-6H2,1-2H3,(H2,11,12)/t8-,9?/m1/s1. The molecule has 12 heavy (non-hydrogen) atoms. The first kappa shape index (κ1) is 9.56. The van der Waals surface area contributed by atoms with Crippen molar-refractivity contribution in [3.8, 4) is 0 Å². The minimum atomic E-state index is -0.0969. The lowest BCUT2D eigenvalue weighted by Crippen LogP contribution is -2.30. The van der Waals surface area contributed by atoms with E-state index in [1.54, 1.807) is 0 Å². The summed E-state index contributed by atoms with van der Waals surface area (Å²) in [5.74, 6) is 1.48. The zero-order valence-corrected chi connectivity index (χ0v) is 8.05. The Morgan fingerprint density at radius 1 is 1.42 bits per heavy atom. The highest BCUT2D eigenvalue weighted by Crippen LogP contribution is 2.33. The van der Waals surface area contributed by atoms with Crippen molar-refractivity contribution in [3.63, 3.8) is 0 Å². The molecule has 2 heteroatoms. The highest BCUT2D eigenvalue weighted by atomic mass is 16.1. The van der Waals surface area contributed by atoms with Crippen molar-refractivity contribution in [2.45, 2.75) is 39.5 Å². The van der Waals surface area contributed by atoms with Crippen LogP contribution in [-0.4, -0.2) is 5.91 Å². The maximum atomic E-state index is 10.9. The molecule has 0 heterocycles. The maximum absolute atomic E-state index is 10.9. The van der Waals surface area contributed by atoms with Crippen molar-refractivity contribution in [3.05, 3.63) is 0 Å². The van der Waals surface area contributed by atoms with Gasteiger partial charge in [0.25, 0.3) is 0 Å². The monoisotopic (exact) mass is 169 g/mol. The zero-order valence-electron chi connectivity index (χ0n) is 8.05. The molecule has 0 saturated heterocycles. The van der Waals surface area contributed by atoms with Gasteiger partial charge in [-0.2, -0.15) is 0 Å². The second kappa shape index (κ2) is 3.92. The average Bonchev–Trinajstić information content (AvgIpc) is 2.04. The molecule has 1 aliphatic carbocycles. The maximum Gasteiger partial charge on any atom is 0.220 e. The third-order valence-corrected chi connectivity index (χ3v) is 3.06. The van der Waals surface area contributed by atoms with Gasteiger partial charge >= 0.3 is 0 Å². The van der Waals surface area contributed by atoms with Crippen LogP contribution >= 0.6 is 0 Å². The molecule has 1 saturated carbocycles. The summed E-state index contributed by atoms with van der Waals surface area (Å²) < 4.78 is 0. The van der Waals surface area contributed by atoms with E-state index in [2.05, 4.69) is 13.8 Å². The summed E-state index contributed by atoms with van der Waals surface area (Å²) >= 11 is 0. The van der Waals surface area contributed by atoms with Gasteiger partial charge in [0.1, 0.15) is 0 Å². The van der Waals surface area contributed by atoms with E-state index in [9.17, 15) is 4.79 Å². The van der Waals surface area contributed by atoms with Crippen molar-refractivity contribution in [2.24, 2.45) is 23.5 Å². The van der Waals surface area contributed by atoms with Gasteiger partial charge in [-0.1, -0.05) is 26.7 Å². The van der Waals surface area contributed by atoms with Crippen LogP contribution < -0.4 is 5.73 Å². The topological polar surface area (TPSA) is 43.1 Å². The molecule has 0 spiro atoms. The van der Waals surface area contributed by atoms with E-state index in [0.717, 1.165) is 18.8 Å². The normalized spacial score (nSPS) is 30.6. The molecule has 0 aromatic rings. The van der Waals surface area contributed by atoms with Crippen molar-refractivity contribution < 1.29 is 4.79 Å².